The Balaban J connectivity index is 2.12. The molecule has 0 spiro atoms. The molecular formula is C17H16F3N3O3. The molecule has 1 aliphatic heterocycles. The molecule has 1 fully saturated rings. The van der Waals surface area contributed by atoms with Gasteiger partial charge in [0, 0.05) is 12.1 Å². The third-order valence-corrected chi connectivity index (χ3v) is 4.17. The highest BCUT2D eigenvalue weighted by Crippen LogP contribution is 2.34. The Labute approximate surface area is 147 Å². The molecule has 1 aromatic heterocycles. The van der Waals surface area contributed by atoms with E-state index in [0.29, 0.717) is 24.2 Å². The van der Waals surface area contributed by atoms with Crippen LogP contribution in [0.1, 0.15) is 18.5 Å². The summed E-state index contributed by atoms with van der Waals surface area (Å²) in [4.78, 5) is 20.5. The van der Waals surface area contributed by atoms with Crippen LogP contribution in [0.15, 0.2) is 30.3 Å². The van der Waals surface area contributed by atoms with E-state index in [4.69, 9.17) is 4.74 Å². The van der Waals surface area contributed by atoms with Crippen molar-refractivity contribution in [2.75, 3.05) is 18.6 Å². The molecule has 1 atom stereocenters. The van der Waals surface area contributed by atoms with Gasteiger partial charge in [0.15, 0.2) is 5.69 Å². The Kier molecular flexibility index (Phi) is 4.71. The molecule has 0 radical (unpaired) electrons. The van der Waals surface area contributed by atoms with Gasteiger partial charge in [0.2, 0.25) is 5.95 Å². The molecule has 0 bridgehead atoms. The van der Waals surface area contributed by atoms with E-state index >= 15 is 0 Å². The molecule has 6 nitrogen and oxygen atoms in total. The minimum absolute atomic E-state index is 0.0530. The summed E-state index contributed by atoms with van der Waals surface area (Å²) in [6.45, 7) is 0.288. The average molecular weight is 367 g/mol. The fourth-order valence-electron chi connectivity index (χ4n) is 2.90. The number of halogens is 3. The van der Waals surface area contributed by atoms with E-state index in [9.17, 15) is 23.1 Å². The number of anilines is 1. The van der Waals surface area contributed by atoms with Crippen molar-refractivity contribution in [3.05, 3.63) is 36.0 Å². The normalized spacial score (nSPS) is 17.4. The quantitative estimate of drug-likeness (QED) is 0.894. The lowest BCUT2D eigenvalue weighted by Crippen LogP contribution is -2.37. The maximum Gasteiger partial charge on any atom is 0.433 e. The van der Waals surface area contributed by atoms with Crippen LogP contribution in [-0.2, 0) is 11.0 Å². The Morgan fingerprint density at radius 3 is 2.73 bits per heavy atom. The number of hydrogen-bond donors (Lipinski definition) is 1. The summed E-state index contributed by atoms with van der Waals surface area (Å²) in [6, 6.07) is 6.38. The van der Waals surface area contributed by atoms with Crippen molar-refractivity contribution < 1.29 is 27.8 Å². The van der Waals surface area contributed by atoms with Crippen molar-refractivity contribution in [1.82, 2.24) is 9.97 Å². The third kappa shape index (κ3) is 3.56. The van der Waals surface area contributed by atoms with Gasteiger partial charge in [0.1, 0.15) is 11.8 Å². The molecular weight excluding hydrogens is 351 g/mol. The van der Waals surface area contributed by atoms with Gasteiger partial charge < -0.3 is 14.7 Å². The average Bonchev–Trinajstić information content (AvgIpc) is 3.11. The highest BCUT2D eigenvalue weighted by Gasteiger charge is 2.37. The van der Waals surface area contributed by atoms with Crippen molar-refractivity contribution in [3.8, 4) is 17.0 Å². The second kappa shape index (κ2) is 6.81. The van der Waals surface area contributed by atoms with E-state index in [1.165, 1.54) is 12.0 Å². The summed E-state index contributed by atoms with van der Waals surface area (Å²) in [5, 5.41) is 9.29. The van der Waals surface area contributed by atoms with Crippen LogP contribution in [0.2, 0.25) is 0 Å². The highest BCUT2D eigenvalue weighted by molar-refractivity contribution is 5.78. The number of hydrogen-bond acceptors (Lipinski definition) is 5. The maximum atomic E-state index is 13.3. The molecule has 1 N–H and O–H groups in total. The second-order valence-electron chi connectivity index (χ2n) is 5.86. The SMILES string of the molecule is COc1cccc(-c2cc(C(F)(F)F)nc(N3CCCC3C(=O)O)n2)c1. The summed E-state index contributed by atoms with van der Waals surface area (Å²) in [5.41, 5.74) is -0.641. The van der Waals surface area contributed by atoms with Crippen molar-refractivity contribution in [1.29, 1.82) is 0 Å². The topological polar surface area (TPSA) is 75.5 Å². The molecule has 0 amide bonds. The summed E-state index contributed by atoms with van der Waals surface area (Å²) in [7, 11) is 1.45. The zero-order valence-corrected chi connectivity index (χ0v) is 13.8. The number of alkyl halides is 3. The standard InChI is InChI=1S/C17H16F3N3O3/c1-26-11-5-2-4-10(8-11)12-9-14(17(18,19)20)22-16(21-12)23-7-3-6-13(23)15(24)25/h2,4-5,8-9,13H,3,6-7H2,1H3,(H,24,25). The number of carbonyl (C=O) groups is 1. The van der Waals surface area contributed by atoms with Gasteiger partial charge in [-0.2, -0.15) is 13.2 Å². The van der Waals surface area contributed by atoms with E-state index in [1.807, 2.05) is 0 Å². The summed E-state index contributed by atoms with van der Waals surface area (Å²) in [6.07, 6.45) is -3.79. The maximum absolute atomic E-state index is 13.3. The number of aliphatic carboxylic acids is 1. The molecule has 2 heterocycles. The lowest BCUT2D eigenvalue weighted by molar-refractivity contribution is -0.141. The molecule has 1 saturated heterocycles. The third-order valence-electron chi connectivity index (χ3n) is 4.17. The largest absolute Gasteiger partial charge is 0.497 e. The van der Waals surface area contributed by atoms with Crippen LogP contribution in [0.4, 0.5) is 19.1 Å². The molecule has 1 aliphatic rings. The van der Waals surface area contributed by atoms with Crippen LogP contribution in [-0.4, -0.2) is 40.7 Å². The molecule has 0 saturated carbocycles. The summed E-state index contributed by atoms with van der Waals surface area (Å²) in [5.74, 6) is -0.866. The first kappa shape index (κ1) is 18.0. The van der Waals surface area contributed by atoms with Gasteiger partial charge in [0.25, 0.3) is 0 Å². The first-order valence-electron chi connectivity index (χ1n) is 7.90. The Morgan fingerprint density at radius 2 is 2.08 bits per heavy atom. The van der Waals surface area contributed by atoms with Crippen LogP contribution in [0.25, 0.3) is 11.3 Å². The number of aromatic nitrogens is 2. The summed E-state index contributed by atoms with van der Waals surface area (Å²) >= 11 is 0. The minimum atomic E-state index is -4.68. The zero-order valence-electron chi connectivity index (χ0n) is 13.8. The van der Waals surface area contributed by atoms with Gasteiger partial charge in [-0.1, -0.05) is 12.1 Å². The fraction of sp³-hybridized carbons (Fsp3) is 0.353. The van der Waals surface area contributed by atoms with Crippen molar-refractivity contribution in [2.45, 2.75) is 25.1 Å². The van der Waals surface area contributed by atoms with Gasteiger partial charge in [-0.25, -0.2) is 14.8 Å². The number of benzene rings is 1. The Bertz CT molecular complexity index is 826. The lowest BCUT2D eigenvalue weighted by atomic mass is 10.1. The summed E-state index contributed by atoms with van der Waals surface area (Å²) < 4.78 is 45.0. The zero-order chi connectivity index (χ0) is 18.9. The van der Waals surface area contributed by atoms with Crippen molar-refractivity contribution in [3.63, 3.8) is 0 Å². The van der Waals surface area contributed by atoms with Gasteiger partial charge in [0.05, 0.1) is 12.8 Å². The number of rotatable bonds is 4. The Morgan fingerprint density at radius 1 is 1.31 bits per heavy atom. The van der Waals surface area contributed by atoms with Gasteiger partial charge in [-0.15, -0.1) is 0 Å². The predicted molar refractivity (Wildman–Crippen MR) is 87.0 cm³/mol. The molecule has 26 heavy (non-hydrogen) atoms. The smallest absolute Gasteiger partial charge is 0.433 e. The molecule has 1 aromatic carbocycles. The number of carboxylic acid groups (broad SMARTS) is 1. The monoisotopic (exact) mass is 367 g/mol. The predicted octanol–water partition coefficient (Wildman–Crippen LogP) is 3.22. The number of nitrogens with zero attached hydrogens (tertiary/aromatic N) is 3. The number of methoxy groups -OCH3 is 1. The number of carboxylic acids is 1. The van der Waals surface area contributed by atoms with Gasteiger partial charge in [-0.3, -0.25) is 0 Å². The van der Waals surface area contributed by atoms with Crippen molar-refractivity contribution in [2.24, 2.45) is 0 Å². The molecule has 1 unspecified atom stereocenters. The van der Waals surface area contributed by atoms with Gasteiger partial charge >= 0.3 is 12.1 Å². The van der Waals surface area contributed by atoms with Crippen LogP contribution < -0.4 is 9.64 Å². The van der Waals surface area contributed by atoms with E-state index in [-0.39, 0.29) is 18.2 Å². The van der Waals surface area contributed by atoms with E-state index in [0.717, 1.165) is 6.07 Å². The van der Waals surface area contributed by atoms with E-state index < -0.39 is 23.9 Å². The van der Waals surface area contributed by atoms with E-state index in [1.54, 1.807) is 24.3 Å². The minimum Gasteiger partial charge on any atom is -0.497 e. The van der Waals surface area contributed by atoms with Crippen LogP contribution in [0.3, 0.4) is 0 Å². The van der Waals surface area contributed by atoms with Crippen LogP contribution in [0.5, 0.6) is 5.75 Å². The molecule has 3 rings (SSSR count). The molecule has 0 aliphatic carbocycles. The molecule has 138 valence electrons. The van der Waals surface area contributed by atoms with Crippen LogP contribution in [0, 0.1) is 0 Å². The molecule has 9 heteroatoms. The van der Waals surface area contributed by atoms with Crippen molar-refractivity contribution >= 4 is 11.9 Å². The highest BCUT2D eigenvalue weighted by atomic mass is 19.4. The van der Waals surface area contributed by atoms with Crippen LogP contribution >= 0.6 is 0 Å². The fourth-order valence-corrected chi connectivity index (χ4v) is 2.90. The molecule has 2 aromatic rings. The lowest BCUT2D eigenvalue weighted by Gasteiger charge is -2.22. The van der Waals surface area contributed by atoms with Gasteiger partial charge in [-0.05, 0) is 31.0 Å². The first-order valence-corrected chi connectivity index (χ1v) is 7.90. The first-order chi connectivity index (χ1) is 12.3. The Hall–Kier alpha value is -2.84. The van der Waals surface area contributed by atoms with E-state index in [2.05, 4.69) is 9.97 Å². The number of ether oxygens (including phenoxy) is 1. The second-order valence-corrected chi connectivity index (χ2v) is 5.86.